The molecule has 0 spiro atoms. The molecular weight excluding hydrogens is 485 g/mol. The normalized spacial score (nSPS) is 14.3. The molecule has 6 nitrogen and oxygen atoms in total. The molecule has 1 aliphatic heterocycles. The number of hydrogen-bond acceptors (Lipinski definition) is 5. The fourth-order valence-electron chi connectivity index (χ4n) is 4.35. The Balaban J connectivity index is 1.54. The molecule has 4 rings (SSSR count). The minimum absolute atomic E-state index is 0.0162. The monoisotopic (exact) mass is 512 g/mol. The molecule has 194 valence electrons. The molecule has 1 heterocycles. The highest BCUT2D eigenvalue weighted by molar-refractivity contribution is 5.99. The van der Waals surface area contributed by atoms with Gasteiger partial charge in [0, 0.05) is 19.6 Å². The number of carbonyl (C=O) groups is 2. The van der Waals surface area contributed by atoms with Gasteiger partial charge < -0.3 is 20.1 Å². The van der Waals surface area contributed by atoms with Crippen LogP contribution in [0.15, 0.2) is 72.8 Å². The maximum Gasteiger partial charge on any atom is 0.491 e. The Morgan fingerprint density at radius 3 is 2.27 bits per heavy atom. The van der Waals surface area contributed by atoms with Gasteiger partial charge in [-0.25, -0.2) is 4.79 Å². The van der Waals surface area contributed by atoms with Gasteiger partial charge in [0.15, 0.2) is 11.5 Å². The molecule has 0 bridgehead atoms. The molecule has 1 aliphatic rings. The quantitative estimate of drug-likeness (QED) is 0.347. The predicted octanol–water partition coefficient (Wildman–Crippen LogP) is 5.21. The molecule has 0 saturated carbocycles. The van der Waals surface area contributed by atoms with Crippen molar-refractivity contribution in [2.24, 2.45) is 5.73 Å². The van der Waals surface area contributed by atoms with Gasteiger partial charge >= 0.3 is 12.1 Å². The molecule has 0 atom stereocenters. The van der Waals surface area contributed by atoms with Gasteiger partial charge in [-0.05, 0) is 47.6 Å². The number of hydrogen-bond donors (Lipinski definition) is 1. The van der Waals surface area contributed by atoms with Crippen LogP contribution in [0.5, 0.6) is 11.5 Å². The van der Waals surface area contributed by atoms with E-state index in [1.165, 1.54) is 18.2 Å². The minimum atomic E-state index is -5.23. The summed E-state index contributed by atoms with van der Waals surface area (Å²) in [6, 6.07) is 21.2. The number of esters is 1. The zero-order valence-electron chi connectivity index (χ0n) is 20.0. The molecule has 1 saturated heterocycles. The number of amides is 1. The van der Waals surface area contributed by atoms with E-state index in [2.05, 4.69) is 6.07 Å². The maximum atomic E-state index is 13.4. The molecule has 9 heteroatoms. The molecule has 1 fully saturated rings. The van der Waals surface area contributed by atoms with Crippen LogP contribution in [0, 0.1) is 0 Å². The van der Waals surface area contributed by atoms with Gasteiger partial charge in [-0.1, -0.05) is 60.7 Å². The smallest absolute Gasteiger partial charge is 0.485 e. The zero-order chi connectivity index (χ0) is 26.4. The average Bonchev–Trinajstić information content (AvgIpc) is 2.92. The Bertz CT molecular complexity index is 1240. The predicted molar refractivity (Wildman–Crippen MR) is 131 cm³/mol. The summed E-state index contributed by atoms with van der Waals surface area (Å²) in [5, 5.41) is 0. The lowest BCUT2D eigenvalue weighted by molar-refractivity contribution is -0.189. The van der Waals surface area contributed by atoms with Gasteiger partial charge in [-0.3, -0.25) is 4.79 Å². The zero-order valence-corrected chi connectivity index (χ0v) is 20.0. The van der Waals surface area contributed by atoms with E-state index in [4.69, 9.17) is 15.2 Å². The van der Waals surface area contributed by atoms with Crippen LogP contribution in [0.25, 0.3) is 0 Å². The molecule has 0 radical (unpaired) electrons. The van der Waals surface area contributed by atoms with E-state index in [0.29, 0.717) is 32.5 Å². The van der Waals surface area contributed by atoms with E-state index < -0.39 is 23.8 Å². The summed E-state index contributed by atoms with van der Waals surface area (Å²) in [6.07, 6.45) is -3.87. The standard InChI is InChI=1S/C28H27F3N2O4/c29-28(30,31)27(35)37-25-23(10-5-11-24(25)36-18-19-6-2-1-3-7-19)26(34)33-14-12-21(13-15-33)22-9-4-8-20(16-22)17-32/h1-11,16,21H,12-15,17-18,32H2. The van der Waals surface area contributed by atoms with Crippen molar-refractivity contribution in [3.8, 4) is 11.5 Å². The Kier molecular flexibility index (Phi) is 8.13. The van der Waals surface area contributed by atoms with Crippen molar-refractivity contribution in [3.05, 3.63) is 95.1 Å². The highest BCUT2D eigenvalue weighted by atomic mass is 19.4. The minimum Gasteiger partial charge on any atom is -0.485 e. The first-order chi connectivity index (χ1) is 17.8. The third-order valence-electron chi connectivity index (χ3n) is 6.31. The van der Waals surface area contributed by atoms with E-state index in [1.807, 2.05) is 24.3 Å². The number of piperidine rings is 1. The van der Waals surface area contributed by atoms with Crippen molar-refractivity contribution in [1.29, 1.82) is 0 Å². The summed E-state index contributed by atoms with van der Waals surface area (Å²) in [5.74, 6) is -3.37. The number of benzene rings is 3. The second kappa shape index (κ2) is 11.5. The van der Waals surface area contributed by atoms with Crippen LogP contribution in [0.3, 0.4) is 0 Å². The second-order valence-corrected chi connectivity index (χ2v) is 8.81. The van der Waals surface area contributed by atoms with Gasteiger partial charge in [0.1, 0.15) is 6.61 Å². The third kappa shape index (κ3) is 6.48. The van der Waals surface area contributed by atoms with E-state index in [0.717, 1.165) is 16.7 Å². The van der Waals surface area contributed by atoms with Crippen LogP contribution < -0.4 is 15.2 Å². The number of ether oxygens (including phenoxy) is 2. The lowest BCUT2D eigenvalue weighted by Gasteiger charge is -2.33. The lowest BCUT2D eigenvalue weighted by atomic mass is 9.88. The number of para-hydroxylation sites is 1. The molecule has 37 heavy (non-hydrogen) atoms. The summed E-state index contributed by atoms with van der Waals surface area (Å²) in [7, 11) is 0. The Morgan fingerprint density at radius 1 is 0.919 bits per heavy atom. The lowest BCUT2D eigenvalue weighted by Crippen LogP contribution is -2.38. The SMILES string of the molecule is NCc1cccc(C2CCN(C(=O)c3cccc(OCc4ccccc4)c3OC(=O)C(F)(F)F)CC2)c1. The van der Waals surface area contributed by atoms with Gasteiger partial charge in [-0.15, -0.1) is 0 Å². The summed E-state index contributed by atoms with van der Waals surface area (Å²) >= 11 is 0. The molecule has 0 aromatic heterocycles. The van der Waals surface area contributed by atoms with E-state index in [9.17, 15) is 22.8 Å². The van der Waals surface area contributed by atoms with Crippen LogP contribution >= 0.6 is 0 Å². The summed E-state index contributed by atoms with van der Waals surface area (Å²) in [6.45, 7) is 1.26. The third-order valence-corrected chi connectivity index (χ3v) is 6.31. The van der Waals surface area contributed by atoms with Crippen LogP contribution in [0.1, 0.15) is 45.8 Å². The first kappa shape index (κ1) is 26.2. The summed E-state index contributed by atoms with van der Waals surface area (Å²) in [4.78, 5) is 26.7. The number of nitrogens with zero attached hydrogens (tertiary/aromatic N) is 1. The molecule has 3 aromatic carbocycles. The second-order valence-electron chi connectivity index (χ2n) is 8.81. The van der Waals surface area contributed by atoms with E-state index >= 15 is 0 Å². The number of carbonyl (C=O) groups excluding carboxylic acids is 2. The number of alkyl halides is 3. The largest absolute Gasteiger partial charge is 0.491 e. The fourth-order valence-corrected chi connectivity index (χ4v) is 4.35. The van der Waals surface area contributed by atoms with Crippen molar-refractivity contribution < 1.29 is 32.2 Å². The highest BCUT2D eigenvalue weighted by Crippen LogP contribution is 2.36. The topological polar surface area (TPSA) is 81.9 Å². The number of halogens is 3. The van der Waals surface area contributed by atoms with Crippen molar-refractivity contribution >= 4 is 11.9 Å². The van der Waals surface area contributed by atoms with E-state index in [1.54, 1.807) is 29.2 Å². The van der Waals surface area contributed by atoms with Crippen LogP contribution in [-0.4, -0.2) is 36.0 Å². The van der Waals surface area contributed by atoms with Crippen molar-refractivity contribution in [3.63, 3.8) is 0 Å². The van der Waals surface area contributed by atoms with Crippen molar-refractivity contribution in [2.45, 2.75) is 38.1 Å². The molecule has 2 N–H and O–H groups in total. The molecule has 3 aromatic rings. The van der Waals surface area contributed by atoms with Crippen LogP contribution in [0.2, 0.25) is 0 Å². The van der Waals surface area contributed by atoms with Crippen LogP contribution in [0.4, 0.5) is 13.2 Å². The number of likely N-dealkylation sites (tertiary alicyclic amines) is 1. The van der Waals surface area contributed by atoms with Gasteiger partial charge in [0.2, 0.25) is 0 Å². The maximum absolute atomic E-state index is 13.4. The fraction of sp³-hybridized carbons (Fsp3) is 0.286. The molecule has 0 aliphatic carbocycles. The summed E-state index contributed by atoms with van der Waals surface area (Å²) in [5.41, 5.74) is 8.52. The number of rotatable bonds is 7. The molecule has 1 amide bonds. The van der Waals surface area contributed by atoms with Gasteiger partial charge in [0.05, 0.1) is 5.56 Å². The van der Waals surface area contributed by atoms with Crippen molar-refractivity contribution in [2.75, 3.05) is 13.1 Å². The van der Waals surface area contributed by atoms with Gasteiger partial charge in [-0.2, -0.15) is 13.2 Å². The molecular formula is C28H27F3N2O4. The van der Waals surface area contributed by atoms with E-state index in [-0.39, 0.29) is 23.8 Å². The first-order valence-electron chi connectivity index (χ1n) is 11.9. The first-order valence-corrected chi connectivity index (χ1v) is 11.9. The Morgan fingerprint density at radius 2 is 1.59 bits per heavy atom. The van der Waals surface area contributed by atoms with Gasteiger partial charge in [0.25, 0.3) is 5.91 Å². The molecule has 0 unspecified atom stereocenters. The van der Waals surface area contributed by atoms with Crippen molar-refractivity contribution in [1.82, 2.24) is 4.90 Å². The Labute approximate surface area is 212 Å². The summed E-state index contributed by atoms with van der Waals surface area (Å²) < 4.78 is 49.5. The Hall–Kier alpha value is -3.85. The average molecular weight is 513 g/mol. The van der Waals surface area contributed by atoms with Crippen LogP contribution in [-0.2, 0) is 17.9 Å². The highest BCUT2D eigenvalue weighted by Gasteiger charge is 2.42. The number of nitrogens with two attached hydrogens (primary N) is 1.